The molecule has 0 saturated carbocycles. The van der Waals surface area contributed by atoms with Gasteiger partial charge in [-0.25, -0.2) is 0 Å². The summed E-state index contributed by atoms with van der Waals surface area (Å²) in [5.74, 6) is -3.58. The van der Waals surface area contributed by atoms with Gasteiger partial charge in [-0.05, 0) is 55.3 Å². The van der Waals surface area contributed by atoms with Gasteiger partial charge < -0.3 is 31.1 Å². The van der Waals surface area contributed by atoms with Crippen LogP contribution in [0.25, 0.3) is 0 Å². The van der Waals surface area contributed by atoms with Crippen molar-refractivity contribution in [3.05, 3.63) is 102 Å². The van der Waals surface area contributed by atoms with E-state index >= 15 is 0 Å². The van der Waals surface area contributed by atoms with Gasteiger partial charge in [0.2, 0.25) is 17.6 Å². The lowest BCUT2D eigenvalue weighted by Crippen LogP contribution is -2.57. The third kappa shape index (κ3) is 10.2. The maximum absolute atomic E-state index is 13.6. The Labute approximate surface area is 282 Å². The summed E-state index contributed by atoms with van der Waals surface area (Å²) in [4.78, 5) is 70.2. The van der Waals surface area contributed by atoms with Gasteiger partial charge >= 0.3 is 0 Å². The molecule has 3 unspecified atom stereocenters. The molecule has 4 rings (SSSR count). The van der Waals surface area contributed by atoms with E-state index in [2.05, 4.69) is 38.1 Å². The number of amides is 4. The first kappa shape index (κ1) is 35.8. The molecule has 254 valence electrons. The Kier molecular flexibility index (Phi) is 12.8. The first-order chi connectivity index (χ1) is 23.0. The van der Waals surface area contributed by atoms with Crippen LogP contribution in [0.5, 0.6) is 0 Å². The van der Waals surface area contributed by atoms with Crippen LogP contribution in [0.3, 0.4) is 0 Å². The Balaban J connectivity index is 1.40. The predicted octanol–water partition coefficient (Wildman–Crippen LogP) is 2.31. The highest BCUT2D eigenvalue weighted by Gasteiger charge is 2.32. The van der Waals surface area contributed by atoms with Gasteiger partial charge in [0.15, 0.2) is 0 Å². The molecule has 0 radical (unpaired) electrons. The van der Waals surface area contributed by atoms with Crippen molar-refractivity contribution in [2.45, 2.75) is 51.9 Å². The minimum absolute atomic E-state index is 0.172. The summed E-state index contributed by atoms with van der Waals surface area (Å²) in [6, 6.07) is 22.5. The average molecular weight is 655 g/mol. The number of likely N-dealkylation sites (N-methyl/N-ethyl adjacent to an activating group) is 1. The molecule has 3 aromatic carbocycles. The molecule has 48 heavy (non-hydrogen) atoms. The molecule has 4 N–H and O–H groups in total. The van der Waals surface area contributed by atoms with E-state index in [9.17, 15) is 24.0 Å². The highest BCUT2D eigenvalue weighted by atomic mass is 16.2. The van der Waals surface area contributed by atoms with Crippen LogP contribution in [0.2, 0.25) is 0 Å². The highest BCUT2D eigenvalue weighted by Crippen LogP contribution is 2.18. The second-order valence-corrected chi connectivity index (χ2v) is 12.5. The Morgan fingerprint density at radius 3 is 1.90 bits per heavy atom. The van der Waals surface area contributed by atoms with Gasteiger partial charge in [0.1, 0.15) is 12.1 Å². The van der Waals surface area contributed by atoms with E-state index in [1.165, 1.54) is 6.92 Å². The molecule has 1 aliphatic heterocycles. The second-order valence-electron chi connectivity index (χ2n) is 12.5. The van der Waals surface area contributed by atoms with Gasteiger partial charge in [-0.3, -0.25) is 24.0 Å². The normalized spacial score (nSPS) is 15.1. The van der Waals surface area contributed by atoms with Gasteiger partial charge in [-0.1, -0.05) is 74.5 Å². The minimum Gasteiger partial charge on any atom is -0.369 e. The van der Waals surface area contributed by atoms with Crippen molar-refractivity contribution < 1.29 is 24.0 Å². The molecule has 1 saturated heterocycles. The summed E-state index contributed by atoms with van der Waals surface area (Å²) >= 11 is 0. The van der Waals surface area contributed by atoms with Gasteiger partial charge in [0.25, 0.3) is 11.8 Å². The Hall–Kier alpha value is -5.03. The Bertz CT molecular complexity index is 1540. The lowest BCUT2D eigenvalue weighted by molar-refractivity contribution is -0.141. The third-order valence-electron chi connectivity index (χ3n) is 8.42. The van der Waals surface area contributed by atoms with Gasteiger partial charge in [-0.2, -0.15) is 0 Å². The van der Waals surface area contributed by atoms with Crippen LogP contribution >= 0.6 is 0 Å². The number of piperazine rings is 1. The summed E-state index contributed by atoms with van der Waals surface area (Å²) in [5, 5.41) is 10.8. The van der Waals surface area contributed by atoms with Crippen LogP contribution in [0.4, 0.5) is 5.69 Å². The number of nitrogens with zero attached hydrogens (tertiary/aromatic N) is 2. The summed E-state index contributed by atoms with van der Waals surface area (Å²) in [6.45, 7) is 8.92. The molecular weight excluding hydrogens is 608 g/mol. The number of hydrogen-bond donors (Lipinski definition) is 4. The maximum atomic E-state index is 13.6. The van der Waals surface area contributed by atoms with Crippen LogP contribution in [0.15, 0.2) is 84.9 Å². The fourth-order valence-corrected chi connectivity index (χ4v) is 5.38. The maximum Gasteiger partial charge on any atom is 0.289 e. The first-order valence-electron chi connectivity index (χ1n) is 16.4. The predicted molar refractivity (Wildman–Crippen MR) is 185 cm³/mol. The molecule has 0 aromatic heterocycles. The lowest BCUT2D eigenvalue weighted by atomic mass is 9.98. The standard InChI is InChI=1S/C37H46N6O5/c1-25(2)32(33(44)37(48)38-24-28-11-7-5-8-12-28)41-34(45)26(3)39-36(47)31(40-35(46)29-13-9-6-10-14-29)23-27-15-17-30(18-16-27)43-21-19-42(4)20-22-43/h5-18,25-26,31-32H,19-24H2,1-4H3,(H,38,48)(H,39,47)(H,40,46)(H,41,45). The van der Waals surface area contributed by atoms with Gasteiger partial charge in [0.05, 0.1) is 6.04 Å². The number of carbonyl (C=O) groups is 5. The average Bonchev–Trinajstić information content (AvgIpc) is 3.10. The van der Waals surface area contributed by atoms with E-state index < -0.39 is 53.5 Å². The van der Waals surface area contributed by atoms with E-state index in [1.807, 2.05) is 54.6 Å². The summed E-state index contributed by atoms with van der Waals surface area (Å²) in [6.07, 6.45) is 0.191. The molecule has 0 bridgehead atoms. The van der Waals surface area contributed by atoms with Crippen LogP contribution in [0, 0.1) is 5.92 Å². The summed E-state index contributed by atoms with van der Waals surface area (Å²) < 4.78 is 0. The van der Waals surface area contributed by atoms with Crippen molar-refractivity contribution in [2.24, 2.45) is 5.92 Å². The smallest absolute Gasteiger partial charge is 0.289 e. The zero-order valence-electron chi connectivity index (χ0n) is 28.1. The fraction of sp³-hybridized carbons (Fsp3) is 0.378. The minimum atomic E-state index is -1.10. The highest BCUT2D eigenvalue weighted by molar-refractivity contribution is 6.38. The van der Waals surface area contributed by atoms with Gasteiger partial charge in [-0.15, -0.1) is 0 Å². The molecule has 0 spiro atoms. The molecule has 1 heterocycles. The lowest BCUT2D eigenvalue weighted by Gasteiger charge is -2.34. The molecule has 3 aromatic rings. The summed E-state index contributed by atoms with van der Waals surface area (Å²) in [7, 11) is 2.11. The van der Waals surface area contributed by atoms with Crippen molar-refractivity contribution >= 4 is 35.1 Å². The van der Waals surface area contributed by atoms with Gasteiger partial charge in [0, 0.05) is 50.4 Å². The van der Waals surface area contributed by atoms with E-state index in [1.54, 1.807) is 44.2 Å². The number of rotatable bonds is 14. The number of carbonyl (C=O) groups excluding carboxylic acids is 5. The Morgan fingerprint density at radius 2 is 1.29 bits per heavy atom. The van der Waals surface area contributed by atoms with Crippen molar-refractivity contribution in [1.82, 2.24) is 26.2 Å². The molecule has 4 amide bonds. The molecular formula is C37H46N6O5. The largest absolute Gasteiger partial charge is 0.369 e. The third-order valence-corrected chi connectivity index (χ3v) is 8.42. The first-order valence-corrected chi connectivity index (χ1v) is 16.4. The van der Waals surface area contributed by atoms with Crippen LogP contribution in [-0.4, -0.2) is 85.7 Å². The fourth-order valence-electron chi connectivity index (χ4n) is 5.38. The van der Waals surface area contributed by atoms with Crippen LogP contribution in [-0.2, 0) is 32.1 Å². The summed E-state index contributed by atoms with van der Waals surface area (Å²) in [5.41, 5.74) is 3.16. The molecule has 3 atom stereocenters. The molecule has 1 aliphatic rings. The van der Waals surface area contributed by atoms with Crippen molar-refractivity contribution in [3.8, 4) is 0 Å². The van der Waals surface area contributed by atoms with E-state index in [-0.39, 0.29) is 13.0 Å². The quantitative estimate of drug-likeness (QED) is 0.196. The van der Waals surface area contributed by atoms with E-state index in [0.717, 1.165) is 43.0 Å². The zero-order chi connectivity index (χ0) is 34.6. The van der Waals surface area contributed by atoms with E-state index in [0.29, 0.717) is 5.56 Å². The number of anilines is 1. The molecule has 11 nitrogen and oxygen atoms in total. The zero-order valence-corrected chi connectivity index (χ0v) is 28.1. The van der Waals surface area contributed by atoms with Crippen LogP contribution < -0.4 is 26.2 Å². The van der Waals surface area contributed by atoms with Crippen molar-refractivity contribution in [2.75, 3.05) is 38.1 Å². The van der Waals surface area contributed by atoms with E-state index in [4.69, 9.17) is 0 Å². The number of nitrogens with one attached hydrogen (secondary N) is 4. The van der Waals surface area contributed by atoms with Crippen LogP contribution in [0.1, 0.15) is 42.3 Å². The molecule has 1 fully saturated rings. The Morgan fingerprint density at radius 1 is 0.688 bits per heavy atom. The van der Waals surface area contributed by atoms with Crippen molar-refractivity contribution in [3.63, 3.8) is 0 Å². The number of ketones is 1. The molecule has 0 aliphatic carbocycles. The number of Topliss-reactive ketones (excluding diaryl/α,β-unsaturated/α-hetero) is 1. The number of benzene rings is 3. The SMILES string of the molecule is CC(NC(=O)C(Cc1ccc(N2CCN(C)CC2)cc1)NC(=O)c1ccccc1)C(=O)NC(C(=O)C(=O)NCc1ccccc1)C(C)C. The second kappa shape index (κ2) is 17.2. The topological polar surface area (TPSA) is 140 Å². The van der Waals surface area contributed by atoms with Crippen molar-refractivity contribution in [1.29, 1.82) is 0 Å². The monoisotopic (exact) mass is 654 g/mol. The number of hydrogen-bond acceptors (Lipinski definition) is 7. The molecule has 11 heteroatoms.